The molecule has 10 nitrogen and oxygen atoms in total. The van der Waals surface area contributed by atoms with Crippen molar-refractivity contribution in [3.8, 4) is 17.2 Å². The zero-order valence-corrected chi connectivity index (χ0v) is 23.5. The van der Waals surface area contributed by atoms with Crippen LogP contribution in [0.25, 0.3) is 6.08 Å². The van der Waals surface area contributed by atoms with E-state index in [1.807, 2.05) is 12.1 Å². The van der Waals surface area contributed by atoms with Gasteiger partial charge in [0.25, 0.3) is 5.56 Å². The normalized spacial score (nSPS) is 14.7. The van der Waals surface area contributed by atoms with E-state index in [0.29, 0.717) is 43.2 Å². The lowest BCUT2D eigenvalue weighted by Crippen LogP contribution is -2.39. The van der Waals surface area contributed by atoms with E-state index in [4.69, 9.17) is 23.4 Å². The molecule has 1 atom stereocenters. The molecule has 11 heteroatoms. The van der Waals surface area contributed by atoms with Gasteiger partial charge in [-0.25, -0.2) is 14.6 Å². The molecule has 1 aliphatic heterocycles. The molecule has 0 N–H and O–H groups in total. The van der Waals surface area contributed by atoms with Crippen LogP contribution >= 0.6 is 11.3 Å². The molecule has 41 heavy (non-hydrogen) atoms. The second-order valence-electron chi connectivity index (χ2n) is 8.85. The van der Waals surface area contributed by atoms with E-state index in [-0.39, 0.29) is 23.7 Å². The summed E-state index contributed by atoms with van der Waals surface area (Å²) in [5.41, 5.74) is 1.78. The number of ether oxygens (including phenoxy) is 4. The number of carbonyl (C=O) groups excluding carboxylic acids is 2. The third kappa shape index (κ3) is 5.44. The minimum absolute atomic E-state index is 0.0566. The lowest BCUT2D eigenvalue weighted by molar-refractivity contribution is -0.139. The molecular weight excluding hydrogens is 548 g/mol. The van der Waals surface area contributed by atoms with Crippen LogP contribution in [0, 0.1) is 0 Å². The molecule has 0 bridgehead atoms. The highest BCUT2D eigenvalue weighted by molar-refractivity contribution is 7.07. The third-order valence-electron chi connectivity index (χ3n) is 6.36. The van der Waals surface area contributed by atoms with E-state index in [1.165, 1.54) is 35.3 Å². The van der Waals surface area contributed by atoms with Gasteiger partial charge in [-0.3, -0.25) is 9.36 Å². The van der Waals surface area contributed by atoms with Crippen molar-refractivity contribution in [2.45, 2.75) is 19.9 Å². The molecule has 1 unspecified atom stereocenters. The van der Waals surface area contributed by atoms with Gasteiger partial charge in [0, 0.05) is 0 Å². The molecule has 0 saturated heterocycles. The average Bonchev–Trinajstić information content (AvgIpc) is 3.62. The van der Waals surface area contributed by atoms with Gasteiger partial charge in [0.15, 0.2) is 16.3 Å². The Bertz CT molecular complexity index is 1820. The Labute approximate surface area is 238 Å². The summed E-state index contributed by atoms with van der Waals surface area (Å²) < 4.78 is 28.5. The summed E-state index contributed by atoms with van der Waals surface area (Å²) >= 11 is 1.20. The first-order valence-corrected chi connectivity index (χ1v) is 13.4. The number of aromatic nitrogens is 1. The zero-order chi connectivity index (χ0) is 29.1. The van der Waals surface area contributed by atoms with Crippen LogP contribution < -0.4 is 29.1 Å². The van der Waals surface area contributed by atoms with Gasteiger partial charge in [0.1, 0.15) is 5.75 Å². The first kappa shape index (κ1) is 27.7. The van der Waals surface area contributed by atoms with Gasteiger partial charge in [-0.05, 0) is 67.4 Å². The van der Waals surface area contributed by atoms with Crippen LogP contribution in [0.2, 0.25) is 0 Å². The highest BCUT2D eigenvalue weighted by Gasteiger charge is 2.33. The maximum absolute atomic E-state index is 13.8. The summed E-state index contributed by atoms with van der Waals surface area (Å²) in [7, 11) is 3.02. The highest BCUT2D eigenvalue weighted by atomic mass is 32.1. The van der Waals surface area contributed by atoms with E-state index in [1.54, 1.807) is 63.4 Å². The fourth-order valence-corrected chi connectivity index (χ4v) is 5.49. The molecule has 0 fully saturated rings. The van der Waals surface area contributed by atoms with Crippen molar-refractivity contribution < 1.29 is 33.0 Å². The summed E-state index contributed by atoms with van der Waals surface area (Å²) in [6.07, 6.45) is 3.07. The van der Waals surface area contributed by atoms with E-state index in [2.05, 4.69) is 4.99 Å². The number of rotatable bonds is 8. The number of nitrogens with zero attached hydrogens (tertiary/aromatic N) is 2. The Hall–Kier alpha value is -4.90. The molecule has 0 radical (unpaired) electrons. The smallest absolute Gasteiger partial charge is 0.379 e. The lowest BCUT2D eigenvalue weighted by atomic mass is 9.96. The molecule has 0 saturated carbocycles. The lowest BCUT2D eigenvalue weighted by Gasteiger charge is -2.24. The van der Waals surface area contributed by atoms with Gasteiger partial charge in [0.2, 0.25) is 5.76 Å². The van der Waals surface area contributed by atoms with Crippen LogP contribution in [-0.2, 0) is 9.53 Å². The van der Waals surface area contributed by atoms with E-state index >= 15 is 0 Å². The Morgan fingerprint density at radius 3 is 2.49 bits per heavy atom. The number of methoxy groups -OCH3 is 2. The number of thiazole rings is 1. The van der Waals surface area contributed by atoms with Crippen LogP contribution in [0.5, 0.6) is 17.2 Å². The molecule has 0 spiro atoms. The Kier molecular flexibility index (Phi) is 7.88. The summed E-state index contributed by atoms with van der Waals surface area (Å²) in [5.74, 6) is -0.00783. The van der Waals surface area contributed by atoms with Gasteiger partial charge in [-0.15, -0.1) is 0 Å². The van der Waals surface area contributed by atoms with E-state index in [9.17, 15) is 14.4 Å². The van der Waals surface area contributed by atoms with Crippen molar-refractivity contribution in [1.29, 1.82) is 0 Å². The topological polar surface area (TPSA) is 119 Å². The number of benzene rings is 2. The van der Waals surface area contributed by atoms with Crippen LogP contribution in [0.15, 0.2) is 86.3 Å². The molecular formula is C30H26N2O8S. The maximum Gasteiger partial charge on any atom is 0.379 e. The number of allylic oxidation sites excluding steroid dienone is 1. The fourth-order valence-electron chi connectivity index (χ4n) is 4.45. The minimum Gasteiger partial charge on any atom is -0.497 e. The van der Waals surface area contributed by atoms with Gasteiger partial charge in [-0.1, -0.05) is 29.5 Å². The van der Waals surface area contributed by atoms with Gasteiger partial charge >= 0.3 is 11.9 Å². The third-order valence-corrected chi connectivity index (χ3v) is 7.34. The summed E-state index contributed by atoms with van der Waals surface area (Å²) in [5, 5.41) is 0. The highest BCUT2D eigenvalue weighted by Crippen LogP contribution is 2.32. The standard InChI is InChI=1S/C30H26N2O8S/c1-5-38-29(35)25-17(2)31-30-32(26(25)19-9-11-20(36-3)12-10-19)27(33)24(41-30)16-18-8-13-21(23(15-18)37-4)40-28(34)22-7-6-14-39-22/h6-16,26H,5H2,1-4H3. The van der Waals surface area contributed by atoms with Crippen LogP contribution in [-0.4, -0.2) is 37.3 Å². The number of fused-ring (bicyclic) bond motifs is 1. The minimum atomic E-state index is -0.740. The average molecular weight is 575 g/mol. The number of hydrogen-bond donors (Lipinski definition) is 0. The molecule has 210 valence electrons. The monoisotopic (exact) mass is 574 g/mol. The molecule has 3 heterocycles. The number of furan rings is 1. The van der Waals surface area contributed by atoms with Crippen molar-refractivity contribution >= 4 is 29.4 Å². The summed E-state index contributed by atoms with van der Waals surface area (Å²) in [6, 6.07) is 14.4. The van der Waals surface area contributed by atoms with Crippen LogP contribution in [0.3, 0.4) is 0 Å². The second kappa shape index (κ2) is 11.7. The molecule has 0 aliphatic carbocycles. The maximum atomic E-state index is 13.8. The first-order valence-electron chi connectivity index (χ1n) is 12.6. The Morgan fingerprint density at radius 2 is 1.83 bits per heavy atom. The summed E-state index contributed by atoms with van der Waals surface area (Å²) in [6.45, 7) is 3.64. The molecule has 2 aromatic carbocycles. The largest absolute Gasteiger partial charge is 0.497 e. The van der Waals surface area contributed by atoms with Crippen molar-refractivity contribution in [3.63, 3.8) is 0 Å². The van der Waals surface area contributed by atoms with Gasteiger partial charge in [0.05, 0.1) is 48.9 Å². The fraction of sp³-hybridized carbons (Fsp3) is 0.200. The molecule has 4 aromatic rings. The Morgan fingerprint density at radius 1 is 1.05 bits per heavy atom. The number of carbonyl (C=O) groups is 2. The quantitative estimate of drug-likeness (QED) is 0.231. The van der Waals surface area contributed by atoms with Crippen LogP contribution in [0.1, 0.15) is 41.6 Å². The molecule has 0 amide bonds. The first-order chi connectivity index (χ1) is 19.8. The van der Waals surface area contributed by atoms with Crippen molar-refractivity contribution in [2.24, 2.45) is 4.99 Å². The second-order valence-corrected chi connectivity index (χ2v) is 9.86. The van der Waals surface area contributed by atoms with Crippen LogP contribution in [0.4, 0.5) is 0 Å². The number of hydrogen-bond acceptors (Lipinski definition) is 10. The van der Waals surface area contributed by atoms with E-state index < -0.39 is 18.0 Å². The Balaban J connectivity index is 1.58. The SMILES string of the molecule is CCOC(=O)C1=C(C)N=c2sc(=Cc3ccc(OC(=O)c4ccco4)c(OC)c3)c(=O)n2C1c1ccc(OC)cc1. The van der Waals surface area contributed by atoms with Crippen molar-refractivity contribution in [3.05, 3.63) is 109 Å². The van der Waals surface area contributed by atoms with Crippen molar-refractivity contribution in [1.82, 2.24) is 4.57 Å². The zero-order valence-electron chi connectivity index (χ0n) is 22.7. The predicted octanol–water partition coefficient (Wildman–Crippen LogP) is 3.63. The molecule has 5 rings (SSSR count). The van der Waals surface area contributed by atoms with Gasteiger partial charge < -0.3 is 23.4 Å². The molecule has 1 aliphatic rings. The molecule has 2 aromatic heterocycles. The van der Waals surface area contributed by atoms with Gasteiger partial charge in [-0.2, -0.15) is 0 Å². The summed E-state index contributed by atoms with van der Waals surface area (Å²) in [4.78, 5) is 44.2. The number of esters is 2. The van der Waals surface area contributed by atoms with E-state index in [0.717, 1.165) is 0 Å². The predicted molar refractivity (Wildman–Crippen MR) is 150 cm³/mol. The van der Waals surface area contributed by atoms with Crippen molar-refractivity contribution in [2.75, 3.05) is 20.8 Å².